The van der Waals surface area contributed by atoms with Crippen LogP contribution in [0.15, 0.2) is 16.5 Å². The summed E-state index contributed by atoms with van der Waals surface area (Å²) in [5.41, 5.74) is 0. The third-order valence-electron chi connectivity index (χ3n) is 3.49. The van der Waals surface area contributed by atoms with Gasteiger partial charge in [-0.15, -0.1) is 0 Å². The van der Waals surface area contributed by atoms with Gasteiger partial charge in [-0.25, -0.2) is 4.79 Å². The molecule has 2 saturated heterocycles. The molecule has 3 heterocycles. The molecule has 1 atom stereocenters. The van der Waals surface area contributed by atoms with Gasteiger partial charge in [-0.1, -0.05) is 0 Å². The van der Waals surface area contributed by atoms with Crippen LogP contribution >= 0.6 is 0 Å². The molecule has 1 N–H and O–H groups in total. The van der Waals surface area contributed by atoms with Crippen molar-refractivity contribution in [3.05, 3.63) is 23.7 Å². The minimum Gasteiger partial charge on any atom is -0.457 e. The maximum absolute atomic E-state index is 11.5. The number of nitrogens with zero attached hydrogens (tertiary/aromatic N) is 2. The van der Waals surface area contributed by atoms with Crippen LogP contribution in [0.3, 0.4) is 0 Å². The lowest BCUT2D eigenvalue weighted by Crippen LogP contribution is -2.51. The quantitative estimate of drug-likeness (QED) is 0.782. The van der Waals surface area contributed by atoms with Crippen molar-refractivity contribution < 1.29 is 14.0 Å². The second-order valence-corrected chi connectivity index (χ2v) is 4.69. The molecule has 0 saturated carbocycles. The number of piperazine rings is 1. The zero-order valence-electron chi connectivity index (χ0n) is 9.96. The summed E-state index contributed by atoms with van der Waals surface area (Å²) in [6.45, 7) is 3.83. The normalized spacial score (nSPS) is 23.9. The van der Waals surface area contributed by atoms with E-state index in [1.807, 2.05) is 11.0 Å². The summed E-state index contributed by atoms with van der Waals surface area (Å²) in [5, 5.41) is 2.85. The number of nitrogens with one attached hydrogen (secondary N) is 1. The first-order chi connectivity index (χ1) is 8.76. The summed E-state index contributed by atoms with van der Waals surface area (Å²) in [7, 11) is 0. The predicted molar refractivity (Wildman–Crippen MR) is 63.3 cm³/mol. The van der Waals surface area contributed by atoms with Gasteiger partial charge in [-0.05, 0) is 12.1 Å². The number of hydrogen-bond acceptors (Lipinski definition) is 4. The Hall–Kier alpha value is -1.82. The minimum absolute atomic E-state index is 0.0425. The van der Waals surface area contributed by atoms with E-state index in [9.17, 15) is 9.59 Å². The fourth-order valence-corrected chi connectivity index (χ4v) is 2.58. The number of carbonyl (C=O) groups excluding carboxylic acids is 2. The molecular weight excluding hydrogens is 234 g/mol. The Morgan fingerprint density at radius 2 is 2.33 bits per heavy atom. The van der Waals surface area contributed by atoms with Gasteiger partial charge in [0.25, 0.3) is 0 Å². The van der Waals surface area contributed by atoms with Gasteiger partial charge in [0.1, 0.15) is 5.76 Å². The van der Waals surface area contributed by atoms with Crippen LogP contribution in [-0.2, 0) is 6.54 Å². The van der Waals surface area contributed by atoms with Gasteiger partial charge in [0.2, 0.25) is 0 Å². The van der Waals surface area contributed by atoms with Gasteiger partial charge in [0.05, 0.1) is 12.6 Å². The number of hydrogen-bond donors (Lipinski definition) is 1. The molecule has 2 aliphatic rings. The maximum Gasteiger partial charge on any atom is 0.317 e. The number of amides is 2. The zero-order chi connectivity index (χ0) is 12.5. The van der Waals surface area contributed by atoms with Crippen molar-refractivity contribution in [3.63, 3.8) is 0 Å². The lowest BCUT2D eigenvalue weighted by Gasteiger charge is -2.35. The van der Waals surface area contributed by atoms with E-state index in [2.05, 4.69) is 10.2 Å². The first-order valence-corrected chi connectivity index (χ1v) is 6.07. The molecule has 0 aliphatic carbocycles. The molecular formula is C12H15N3O3. The number of carbonyl (C=O) groups is 2. The average Bonchev–Trinajstić information content (AvgIpc) is 2.97. The van der Waals surface area contributed by atoms with Crippen LogP contribution in [0.2, 0.25) is 0 Å². The predicted octanol–water partition coefficient (Wildman–Crippen LogP) is 0.301. The molecule has 2 aliphatic heterocycles. The molecule has 1 aromatic heterocycles. The lowest BCUT2D eigenvalue weighted by molar-refractivity contribution is 0.106. The number of furan rings is 1. The van der Waals surface area contributed by atoms with Crippen LogP contribution in [0, 0.1) is 0 Å². The van der Waals surface area contributed by atoms with Crippen LogP contribution in [-0.4, -0.2) is 54.3 Å². The van der Waals surface area contributed by atoms with Crippen LogP contribution in [0.25, 0.3) is 0 Å². The summed E-state index contributed by atoms with van der Waals surface area (Å²) in [4.78, 5) is 26.1. The molecule has 6 nitrogen and oxygen atoms in total. The monoisotopic (exact) mass is 249 g/mol. The fraction of sp³-hybridized carbons (Fsp3) is 0.500. The standard InChI is InChI=1S/C12H15N3O3/c16-8-11-2-1-10(18-11)7-14-3-4-15-9(6-14)5-13-12(15)17/h1-2,8-9H,3-7H2,(H,13,17). The van der Waals surface area contributed by atoms with Crippen LogP contribution < -0.4 is 5.32 Å². The largest absolute Gasteiger partial charge is 0.457 e. The van der Waals surface area contributed by atoms with Gasteiger partial charge < -0.3 is 14.6 Å². The molecule has 1 unspecified atom stereocenters. The molecule has 0 radical (unpaired) electrons. The molecule has 6 heteroatoms. The topological polar surface area (TPSA) is 65.8 Å². The highest BCUT2D eigenvalue weighted by molar-refractivity contribution is 5.77. The second-order valence-electron chi connectivity index (χ2n) is 4.69. The Balaban J connectivity index is 1.61. The van der Waals surface area contributed by atoms with E-state index in [4.69, 9.17) is 4.42 Å². The van der Waals surface area contributed by atoms with E-state index in [0.29, 0.717) is 25.1 Å². The van der Waals surface area contributed by atoms with Gasteiger partial charge >= 0.3 is 6.03 Å². The van der Waals surface area contributed by atoms with E-state index < -0.39 is 0 Å². The average molecular weight is 249 g/mol. The molecule has 3 rings (SSSR count). The molecule has 0 spiro atoms. The van der Waals surface area contributed by atoms with Crippen molar-refractivity contribution >= 4 is 12.3 Å². The van der Waals surface area contributed by atoms with Crippen molar-refractivity contribution in [1.82, 2.24) is 15.1 Å². The number of aldehydes is 1. The minimum atomic E-state index is 0.0425. The Kier molecular flexibility index (Phi) is 2.79. The summed E-state index contributed by atoms with van der Waals surface area (Å²) < 4.78 is 5.36. The van der Waals surface area contributed by atoms with Gasteiger partial charge in [0, 0.05) is 26.2 Å². The van der Waals surface area contributed by atoms with Crippen LogP contribution in [0.1, 0.15) is 16.3 Å². The van der Waals surface area contributed by atoms with Crippen LogP contribution in [0.5, 0.6) is 0 Å². The SMILES string of the molecule is O=Cc1ccc(CN2CCN3C(=O)NCC3C2)o1. The van der Waals surface area contributed by atoms with Crippen molar-refractivity contribution in [2.75, 3.05) is 26.2 Å². The summed E-state index contributed by atoms with van der Waals surface area (Å²) in [5.74, 6) is 1.16. The fourth-order valence-electron chi connectivity index (χ4n) is 2.58. The highest BCUT2D eigenvalue weighted by Crippen LogP contribution is 2.17. The van der Waals surface area contributed by atoms with E-state index in [-0.39, 0.29) is 12.1 Å². The Bertz CT molecular complexity index is 471. The molecule has 96 valence electrons. The molecule has 0 aromatic carbocycles. The zero-order valence-corrected chi connectivity index (χ0v) is 9.96. The number of rotatable bonds is 3. The molecule has 1 aromatic rings. The smallest absolute Gasteiger partial charge is 0.317 e. The van der Waals surface area contributed by atoms with Gasteiger partial charge in [-0.3, -0.25) is 9.69 Å². The third-order valence-corrected chi connectivity index (χ3v) is 3.49. The van der Waals surface area contributed by atoms with E-state index >= 15 is 0 Å². The van der Waals surface area contributed by atoms with Crippen molar-refractivity contribution in [3.8, 4) is 0 Å². The molecule has 0 bridgehead atoms. The summed E-state index contributed by atoms with van der Waals surface area (Å²) in [6.07, 6.45) is 0.709. The maximum atomic E-state index is 11.5. The van der Waals surface area contributed by atoms with Crippen molar-refractivity contribution in [1.29, 1.82) is 0 Å². The van der Waals surface area contributed by atoms with E-state index in [0.717, 1.165) is 25.4 Å². The Morgan fingerprint density at radius 3 is 3.11 bits per heavy atom. The van der Waals surface area contributed by atoms with Gasteiger partial charge in [0.15, 0.2) is 12.0 Å². The lowest BCUT2D eigenvalue weighted by atomic mass is 10.2. The van der Waals surface area contributed by atoms with Gasteiger partial charge in [-0.2, -0.15) is 0 Å². The highest BCUT2D eigenvalue weighted by Gasteiger charge is 2.35. The van der Waals surface area contributed by atoms with Crippen molar-refractivity contribution in [2.45, 2.75) is 12.6 Å². The molecule has 2 amide bonds. The Morgan fingerprint density at radius 1 is 1.44 bits per heavy atom. The highest BCUT2D eigenvalue weighted by atomic mass is 16.3. The van der Waals surface area contributed by atoms with E-state index in [1.54, 1.807) is 6.07 Å². The molecule has 18 heavy (non-hydrogen) atoms. The van der Waals surface area contributed by atoms with E-state index in [1.165, 1.54) is 0 Å². The first-order valence-electron chi connectivity index (χ1n) is 6.07. The molecule has 2 fully saturated rings. The third kappa shape index (κ3) is 1.99. The van der Waals surface area contributed by atoms with Crippen molar-refractivity contribution in [2.24, 2.45) is 0 Å². The Labute approximate surface area is 105 Å². The number of urea groups is 1. The summed E-state index contributed by atoms with van der Waals surface area (Å²) >= 11 is 0. The summed E-state index contributed by atoms with van der Waals surface area (Å²) in [6, 6.07) is 3.81. The number of fused-ring (bicyclic) bond motifs is 1. The van der Waals surface area contributed by atoms with Crippen LogP contribution in [0.4, 0.5) is 4.79 Å². The first kappa shape index (κ1) is 11.3. The second kappa shape index (κ2) is 4.45.